The van der Waals surface area contributed by atoms with Crippen molar-refractivity contribution in [3.63, 3.8) is 0 Å². The first kappa shape index (κ1) is 18.4. The van der Waals surface area contributed by atoms with Gasteiger partial charge in [-0.1, -0.05) is 36.4 Å². The van der Waals surface area contributed by atoms with Gasteiger partial charge in [0.1, 0.15) is 0 Å². The summed E-state index contributed by atoms with van der Waals surface area (Å²) in [7, 11) is 0. The van der Waals surface area contributed by atoms with Gasteiger partial charge >= 0.3 is 0 Å². The van der Waals surface area contributed by atoms with Crippen LogP contribution in [0.15, 0.2) is 49.6 Å². The van der Waals surface area contributed by atoms with Gasteiger partial charge in [0.2, 0.25) is 11.8 Å². The maximum absolute atomic E-state index is 12.7. The van der Waals surface area contributed by atoms with Gasteiger partial charge in [0, 0.05) is 32.2 Å². The highest BCUT2D eigenvalue weighted by Crippen LogP contribution is 2.28. The fraction of sp³-hybridized carbons (Fsp3) is 0.429. The highest BCUT2D eigenvalue weighted by Gasteiger charge is 2.38. The van der Waals surface area contributed by atoms with E-state index in [1.165, 1.54) is 11.1 Å². The van der Waals surface area contributed by atoms with Crippen molar-refractivity contribution < 1.29 is 9.59 Å². The lowest BCUT2D eigenvalue weighted by Crippen LogP contribution is -2.60. The Bertz CT molecular complexity index is 665. The maximum Gasteiger partial charge on any atom is 0.237 e. The highest BCUT2D eigenvalue weighted by atomic mass is 16.2. The molecular weight excluding hydrogens is 326 g/mol. The van der Waals surface area contributed by atoms with E-state index in [1.807, 2.05) is 0 Å². The lowest BCUT2D eigenvalue weighted by atomic mass is 10.0. The topological polar surface area (TPSA) is 52.7 Å². The van der Waals surface area contributed by atoms with Crippen LogP contribution in [0.4, 0.5) is 0 Å². The van der Waals surface area contributed by atoms with Crippen LogP contribution in [0, 0.1) is 0 Å². The van der Waals surface area contributed by atoms with Gasteiger partial charge in [-0.2, -0.15) is 0 Å². The van der Waals surface area contributed by atoms with Crippen molar-refractivity contribution in [2.24, 2.45) is 0 Å². The average molecular weight is 353 g/mol. The molecule has 2 amide bonds. The number of carbonyl (C=O) groups excluding carboxylic acids is 2. The van der Waals surface area contributed by atoms with Crippen LogP contribution in [-0.4, -0.2) is 59.9 Å². The molecule has 5 nitrogen and oxygen atoms in total. The third-order valence-electron chi connectivity index (χ3n) is 5.29. The van der Waals surface area contributed by atoms with Crippen LogP contribution in [0.2, 0.25) is 0 Å². The summed E-state index contributed by atoms with van der Waals surface area (Å²) in [5.74, 6) is -0.0786. The lowest BCUT2D eigenvalue weighted by molar-refractivity contribution is -0.139. The number of nitrogens with zero attached hydrogens (tertiary/aromatic N) is 2. The van der Waals surface area contributed by atoms with Gasteiger partial charge in [-0.15, -0.1) is 13.2 Å². The number of hydrogen-bond acceptors (Lipinski definition) is 3. The van der Waals surface area contributed by atoms with Crippen molar-refractivity contribution in [1.29, 1.82) is 0 Å². The van der Waals surface area contributed by atoms with Crippen molar-refractivity contribution >= 4 is 11.8 Å². The van der Waals surface area contributed by atoms with Gasteiger partial charge in [-0.05, 0) is 24.0 Å². The number of carbonyl (C=O) groups is 2. The molecular formula is C21H27N3O2. The quantitative estimate of drug-likeness (QED) is 0.757. The standard InChI is InChI=1S/C21H27N3O2/c1-3-10-23(11-4-2)20(25)15-19-21(26)22-9-12-24(19)18-13-16-7-5-6-8-17(16)14-18/h3-8,18-19H,1-2,9-15H2,(H,22,26)/t19-/m0/s1. The predicted octanol–water partition coefficient (Wildman–Crippen LogP) is 1.54. The molecule has 1 fully saturated rings. The number of rotatable bonds is 7. The van der Waals surface area contributed by atoms with Crippen LogP contribution in [0.1, 0.15) is 17.5 Å². The van der Waals surface area contributed by atoms with Crippen LogP contribution >= 0.6 is 0 Å². The molecule has 26 heavy (non-hydrogen) atoms. The first-order valence-electron chi connectivity index (χ1n) is 9.23. The number of hydrogen-bond donors (Lipinski definition) is 1. The molecule has 1 atom stereocenters. The average Bonchev–Trinajstić information content (AvgIpc) is 3.07. The third kappa shape index (κ3) is 3.88. The minimum absolute atomic E-state index is 0.0349. The van der Waals surface area contributed by atoms with Crippen molar-refractivity contribution in [2.75, 3.05) is 26.2 Å². The molecule has 138 valence electrons. The van der Waals surface area contributed by atoms with Crippen molar-refractivity contribution in [2.45, 2.75) is 31.3 Å². The van der Waals surface area contributed by atoms with Gasteiger partial charge in [-0.25, -0.2) is 0 Å². The third-order valence-corrected chi connectivity index (χ3v) is 5.29. The highest BCUT2D eigenvalue weighted by molar-refractivity contribution is 5.89. The van der Waals surface area contributed by atoms with Crippen LogP contribution < -0.4 is 5.32 Å². The summed E-state index contributed by atoms with van der Waals surface area (Å²) in [4.78, 5) is 29.2. The summed E-state index contributed by atoms with van der Waals surface area (Å²) >= 11 is 0. The fourth-order valence-corrected chi connectivity index (χ4v) is 4.03. The molecule has 1 N–H and O–H groups in total. The second-order valence-corrected chi connectivity index (χ2v) is 6.96. The van der Waals surface area contributed by atoms with E-state index in [1.54, 1.807) is 17.1 Å². The molecule has 3 rings (SSSR count). The molecule has 0 radical (unpaired) electrons. The molecule has 1 aliphatic heterocycles. The minimum Gasteiger partial charge on any atom is -0.353 e. The monoisotopic (exact) mass is 353 g/mol. The van der Waals surface area contributed by atoms with E-state index >= 15 is 0 Å². The van der Waals surface area contributed by atoms with E-state index in [4.69, 9.17) is 0 Å². The number of piperazine rings is 1. The van der Waals surface area contributed by atoms with Crippen molar-refractivity contribution in [1.82, 2.24) is 15.1 Å². The fourth-order valence-electron chi connectivity index (χ4n) is 4.03. The summed E-state index contributed by atoms with van der Waals surface area (Å²) in [6.07, 6.45) is 5.48. The van der Waals surface area contributed by atoms with E-state index in [2.05, 4.69) is 47.6 Å². The Balaban J connectivity index is 1.73. The first-order valence-corrected chi connectivity index (χ1v) is 9.23. The second-order valence-electron chi connectivity index (χ2n) is 6.96. The Morgan fingerprint density at radius 3 is 2.38 bits per heavy atom. The Labute approximate surface area is 155 Å². The smallest absolute Gasteiger partial charge is 0.237 e. The summed E-state index contributed by atoms with van der Waals surface area (Å²) in [5.41, 5.74) is 2.71. The van der Waals surface area contributed by atoms with Gasteiger partial charge in [0.15, 0.2) is 0 Å². The predicted molar refractivity (Wildman–Crippen MR) is 103 cm³/mol. The molecule has 0 bridgehead atoms. The van der Waals surface area contributed by atoms with E-state index in [0.717, 1.165) is 19.4 Å². The maximum atomic E-state index is 12.7. The van der Waals surface area contributed by atoms with Gasteiger partial charge in [0.25, 0.3) is 0 Å². The lowest BCUT2D eigenvalue weighted by Gasteiger charge is -2.39. The number of amides is 2. The zero-order valence-electron chi connectivity index (χ0n) is 15.2. The minimum atomic E-state index is -0.410. The van der Waals surface area contributed by atoms with Crippen LogP contribution in [-0.2, 0) is 22.4 Å². The largest absolute Gasteiger partial charge is 0.353 e. The van der Waals surface area contributed by atoms with E-state index in [-0.39, 0.29) is 24.3 Å². The van der Waals surface area contributed by atoms with Gasteiger partial charge in [-0.3, -0.25) is 14.5 Å². The van der Waals surface area contributed by atoms with Gasteiger partial charge < -0.3 is 10.2 Å². The molecule has 5 heteroatoms. The van der Waals surface area contributed by atoms with Crippen LogP contribution in [0.25, 0.3) is 0 Å². The van der Waals surface area contributed by atoms with Crippen LogP contribution in [0.5, 0.6) is 0 Å². The normalized spacial score (nSPS) is 20.3. The molecule has 0 aromatic heterocycles. The Kier molecular flexibility index (Phi) is 5.89. The summed E-state index contributed by atoms with van der Waals surface area (Å²) < 4.78 is 0. The first-order chi connectivity index (χ1) is 12.6. The molecule has 1 aliphatic carbocycles. The van der Waals surface area contributed by atoms with Gasteiger partial charge in [0.05, 0.1) is 12.5 Å². The van der Waals surface area contributed by atoms with E-state index < -0.39 is 6.04 Å². The molecule has 0 unspecified atom stereocenters. The molecule has 0 saturated carbocycles. The number of fused-ring (bicyclic) bond motifs is 1. The summed E-state index contributed by atoms with van der Waals surface area (Å²) in [6, 6.07) is 8.32. The van der Waals surface area contributed by atoms with E-state index in [0.29, 0.717) is 19.6 Å². The SMILES string of the molecule is C=CCN(CC=C)C(=O)C[C@H]1C(=O)NCCN1C1Cc2ccccc2C1. The van der Waals surface area contributed by atoms with Crippen LogP contribution in [0.3, 0.4) is 0 Å². The molecule has 0 spiro atoms. The number of benzene rings is 1. The molecule has 2 aliphatic rings. The van der Waals surface area contributed by atoms with E-state index in [9.17, 15) is 9.59 Å². The summed E-state index contributed by atoms with van der Waals surface area (Å²) in [6.45, 7) is 9.77. The molecule has 1 saturated heterocycles. The Hall–Kier alpha value is -2.40. The Morgan fingerprint density at radius 1 is 1.19 bits per heavy atom. The molecule has 1 aromatic rings. The zero-order valence-corrected chi connectivity index (χ0v) is 15.2. The van der Waals surface area contributed by atoms with Crippen molar-refractivity contribution in [3.8, 4) is 0 Å². The van der Waals surface area contributed by atoms with Crippen molar-refractivity contribution in [3.05, 3.63) is 60.7 Å². The summed E-state index contributed by atoms with van der Waals surface area (Å²) in [5, 5.41) is 2.92. The number of nitrogens with one attached hydrogen (secondary N) is 1. The molecule has 1 heterocycles. The second kappa shape index (κ2) is 8.32. The zero-order chi connectivity index (χ0) is 18.5. The Morgan fingerprint density at radius 2 is 1.81 bits per heavy atom. The molecule has 1 aromatic carbocycles.